The molecule has 0 unspecified atom stereocenters. The summed E-state index contributed by atoms with van der Waals surface area (Å²) in [6.07, 6.45) is 8.99. The number of rotatable bonds is 5. The second kappa shape index (κ2) is 7.07. The summed E-state index contributed by atoms with van der Waals surface area (Å²) in [5, 5.41) is 0. The van der Waals surface area contributed by atoms with E-state index in [0.29, 0.717) is 11.6 Å². The van der Waals surface area contributed by atoms with Crippen LogP contribution >= 0.6 is 0 Å². The van der Waals surface area contributed by atoms with Gasteiger partial charge in [-0.3, -0.25) is 14.8 Å². The lowest BCUT2D eigenvalue weighted by molar-refractivity contribution is 0.0205. The predicted molar refractivity (Wildman–Crippen MR) is 88.8 cm³/mol. The zero-order valence-electron chi connectivity index (χ0n) is 14.0. The Bertz CT molecular complexity index is 457. The summed E-state index contributed by atoms with van der Waals surface area (Å²) in [4.78, 5) is 9.32. The third-order valence-corrected chi connectivity index (χ3v) is 5.70. The molecule has 2 aliphatic rings. The molecule has 3 rings (SSSR count). The zero-order chi connectivity index (χ0) is 15.4. The maximum Gasteiger partial charge on any atom is 0.0621 e. The van der Waals surface area contributed by atoms with Crippen LogP contribution in [0.1, 0.15) is 38.2 Å². The summed E-state index contributed by atoms with van der Waals surface area (Å²) >= 11 is 0. The van der Waals surface area contributed by atoms with Gasteiger partial charge in [0.15, 0.2) is 0 Å². The zero-order valence-corrected chi connectivity index (χ0v) is 14.0. The average molecular weight is 303 g/mol. The van der Waals surface area contributed by atoms with E-state index in [-0.39, 0.29) is 0 Å². The van der Waals surface area contributed by atoms with Gasteiger partial charge in [0.25, 0.3) is 0 Å². The lowest BCUT2D eigenvalue weighted by Crippen LogP contribution is -2.52. The van der Waals surface area contributed by atoms with Crippen LogP contribution in [0, 0.1) is 0 Å². The van der Waals surface area contributed by atoms with Gasteiger partial charge in [0.1, 0.15) is 0 Å². The second-order valence-electron chi connectivity index (χ2n) is 6.82. The monoisotopic (exact) mass is 303 g/mol. The molecule has 0 radical (unpaired) electrons. The molecule has 4 nitrogen and oxygen atoms in total. The number of hydrogen-bond donors (Lipinski definition) is 0. The molecule has 0 aromatic carbocycles. The first kappa shape index (κ1) is 15.9. The number of hydrogen-bond acceptors (Lipinski definition) is 4. The highest BCUT2D eigenvalue weighted by atomic mass is 16.5. The largest absolute Gasteiger partial charge is 0.380 e. The molecule has 3 heterocycles. The standard InChI is InChI=1S/C18H29N3O/c1-3-22-15-17-4-7-18(20(17)2)8-12-21(13-9-18)14-16-5-10-19-11-6-16/h5-6,10-11,17H,3-4,7-9,12-15H2,1-2H3/t17-/m1/s1. The van der Waals surface area contributed by atoms with Gasteiger partial charge in [0.2, 0.25) is 0 Å². The summed E-state index contributed by atoms with van der Waals surface area (Å²) in [5.41, 5.74) is 1.80. The van der Waals surface area contributed by atoms with Crippen molar-refractivity contribution in [2.75, 3.05) is 33.4 Å². The van der Waals surface area contributed by atoms with Crippen molar-refractivity contribution < 1.29 is 4.74 Å². The number of aromatic nitrogens is 1. The van der Waals surface area contributed by atoms with E-state index in [2.05, 4.69) is 40.9 Å². The lowest BCUT2D eigenvalue weighted by Gasteiger charge is -2.45. The third kappa shape index (κ3) is 3.34. The maximum absolute atomic E-state index is 5.66. The Labute approximate surface area is 134 Å². The summed E-state index contributed by atoms with van der Waals surface area (Å²) in [6, 6.07) is 4.88. The number of piperidine rings is 1. The molecule has 0 aliphatic carbocycles. The second-order valence-corrected chi connectivity index (χ2v) is 6.82. The van der Waals surface area contributed by atoms with Crippen LogP contribution in [0.25, 0.3) is 0 Å². The van der Waals surface area contributed by atoms with E-state index in [1.165, 1.54) is 44.3 Å². The van der Waals surface area contributed by atoms with E-state index in [1.54, 1.807) is 0 Å². The summed E-state index contributed by atoms with van der Waals surface area (Å²) in [6.45, 7) is 7.28. The van der Waals surface area contributed by atoms with E-state index < -0.39 is 0 Å². The molecule has 2 fully saturated rings. The first-order valence-corrected chi connectivity index (χ1v) is 8.65. The molecular weight excluding hydrogens is 274 g/mol. The topological polar surface area (TPSA) is 28.6 Å². The summed E-state index contributed by atoms with van der Waals surface area (Å²) in [5.74, 6) is 0. The highest BCUT2D eigenvalue weighted by Crippen LogP contribution is 2.40. The number of nitrogens with zero attached hydrogens (tertiary/aromatic N) is 3. The van der Waals surface area contributed by atoms with E-state index in [0.717, 1.165) is 19.8 Å². The highest BCUT2D eigenvalue weighted by Gasteiger charge is 2.45. The van der Waals surface area contributed by atoms with Crippen molar-refractivity contribution in [2.45, 2.75) is 50.7 Å². The summed E-state index contributed by atoms with van der Waals surface area (Å²) in [7, 11) is 2.31. The van der Waals surface area contributed by atoms with Crippen molar-refractivity contribution in [1.82, 2.24) is 14.8 Å². The van der Waals surface area contributed by atoms with E-state index >= 15 is 0 Å². The molecule has 22 heavy (non-hydrogen) atoms. The SMILES string of the molecule is CCOC[C@H]1CCC2(CCN(Cc3ccncc3)CC2)N1C. The van der Waals surface area contributed by atoms with Gasteiger partial charge in [-0.05, 0) is 57.4 Å². The van der Waals surface area contributed by atoms with Crippen LogP contribution in [0.2, 0.25) is 0 Å². The Balaban J connectivity index is 1.53. The Morgan fingerprint density at radius 3 is 2.64 bits per heavy atom. The molecule has 0 amide bonds. The Hall–Kier alpha value is -0.970. The van der Waals surface area contributed by atoms with Crippen molar-refractivity contribution in [3.05, 3.63) is 30.1 Å². The molecule has 0 saturated carbocycles. The molecule has 4 heteroatoms. The van der Waals surface area contributed by atoms with Crippen LogP contribution in [0.4, 0.5) is 0 Å². The molecule has 1 aromatic rings. The fraction of sp³-hybridized carbons (Fsp3) is 0.722. The van der Waals surface area contributed by atoms with Crippen molar-refractivity contribution in [3.8, 4) is 0 Å². The van der Waals surface area contributed by atoms with Crippen LogP contribution in [0.15, 0.2) is 24.5 Å². The molecule has 2 aliphatic heterocycles. The Kier molecular flexibility index (Phi) is 5.11. The first-order valence-electron chi connectivity index (χ1n) is 8.65. The highest BCUT2D eigenvalue weighted by molar-refractivity contribution is 5.10. The molecule has 1 spiro atoms. The smallest absolute Gasteiger partial charge is 0.0621 e. The number of pyridine rings is 1. The van der Waals surface area contributed by atoms with Crippen LogP contribution in [-0.2, 0) is 11.3 Å². The van der Waals surface area contributed by atoms with Gasteiger partial charge in [-0.25, -0.2) is 0 Å². The summed E-state index contributed by atoms with van der Waals surface area (Å²) < 4.78 is 5.66. The van der Waals surface area contributed by atoms with Gasteiger partial charge < -0.3 is 4.74 Å². The minimum Gasteiger partial charge on any atom is -0.380 e. The van der Waals surface area contributed by atoms with Gasteiger partial charge in [0, 0.05) is 50.2 Å². The van der Waals surface area contributed by atoms with Crippen LogP contribution in [-0.4, -0.2) is 59.7 Å². The van der Waals surface area contributed by atoms with Gasteiger partial charge in [0.05, 0.1) is 6.61 Å². The van der Waals surface area contributed by atoms with E-state index in [9.17, 15) is 0 Å². The fourth-order valence-corrected chi connectivity index (χ4v) is 4.12. The third-order valence-electron chi connectivity index (χ3n) is 5.70. The lowest BCUT2D eigenvalue weighted by atomic mass is 9.85. The number of likely N-dealkylation sites (N-methyl/N-ethyl adjacent to an activating group) is 1. The fourth-order valence-electron chi connectivity index (χ4n) is 4.12. The number of likely N-dealkylation sites (tertiary alicyclic amines) is 2. The van der Waals surface area contributed by atoms with Crippen LogP contribution in [0.3, 0.4) is 0 Å². The maximum atomic E-state index is 5.66. The molecular formula is C18H29N3O. The minimum absolute atomic E-state index is 0.427. The minimum atomic E-state index is 0.427. The number of ether oxygens (including phenoxy) is 1. The van der Waals surface area contributed by atoms with Crippen molar-refractivity contribution in [2.24, 2.45) is 0 Å². The van der Waals surface area contributed by atoms with E-state index in [1.807, 2.05) is 12.4 Å². The van der Waals surface area contributed by atoms with Crippen LogP contribution in [0.5, 0.6) is 0 Å². The van der Waals surface area contributed by atoms with Crippen molar-refractivity contribution in [3.63, 3.8) is 0 Å². The molecule has 122 valence electrons. The predicted octanol–water partition coefficient (Wildman–Crippen LogP) is 2.55. The molecule has 1 atom stereocenters. The van der Waals surface area contributed by atoms with Gasteiger partial charge in [-0.15, -0.1) is 0 Å². The van der Waals surface area contributed by atoms with Crippen molar-refractivity contribution >= 4 is 0 Å². The van der Waals surface area contributed by atoms with Crippen molar-refractivity contribution in [1.29, 1.82) is 0 Å². The van der Waals surface area contributed by atoms with Crippen LogP contribution < -0.4 is 0 Å². The Morgan fingerprint density at radius 2 is 1.95 bits per heavy atom. The van der Waals surface area contributed by atoms with Gasteiger partial charge in [-0.1, -0.05) is 0 Å². The molecule has 0 N–H and O–H groups in total. The van der Waals surface area contributed by atoms with Gasteiger partial charge in [-0.2, -0.15) is 0 Å². The molecule has 0 bridgehead atoms. The van der Waals surface area contributed by atoms with E-state index in [4.69, 9.17) is 4.74 Å². The average Bonchev–Trinajstić information content (AvgIpc) is 2.85. The normalized spacial score (nSPS) is 25.8. The first-order chi connectivity index (χ1) is 10.7. The molecule has 2 saturated heterocycles. The molecule has 1 aromatic heterocycles. The Morgan fingerprint density at radius 1 is 1.23 bits per heavy atom. The van der Waals surface area contributed by atoms with Gasteiger partial charge >= 0.3 is 0 Å². The quantitative estimate of drug-likeness (QED) is 0.836.